The summed E-state index contributed by atoms with van der Waals surface area (Å²) in [6.45, 7) is 7.22. The zero-order valence-corrected chi connectivity index (χ0v) is 17.4. The molecule has 3 rings (SSSR count). The summed E-state index contributed by atoms with van der Waals surface area (Å²) in [7, 11) is 0. The number of carbonyl (C=O) groups excluding carboxylic acids is 3. The smallest absolute Gasteiger partial charge is 0.325 e. The van der Waals surface area contributed by atoms with Crippen LogP contribution in [0.2, 0.25) is 0 Å². The molecule has 1 heterocycles. The summed E-state index contributed by atoms with van der Waals surface area (Å²) in [5.41, 5.74) is 6.10. The minimum absolute atomic E-state index is 0.0303. The van der Waals surface area contributed by atoms with Crippen LogP contribution in [0.1, 0.15) is 27.8 Å². The molecule has 0 unspecified atom stereocenters. The average molecular weight is 408 g/mol. The molecule has 30 heavy (non-hydrogen) atoms. The molecule has 0 aliphatic carbocycles. The number of anilines is 1. The SMILES string of the molecule is Cc1cc2occ(CC(=O)OCC(=O)NC(=O)Nc3cccc(C)c3C)c2cc1C. The fourth-order valence-electron chi connectivity index (χ4n) is 3.03. The molecule has 0 fully saturated rings. The molecule has 0 bridgehead atoms. The van der Waals surface area contributed by atoms with Crippen LogP contribution >= 0.6 is 0 Å². The summed E-state index contributed by atoms with van der Waals surface area (Å²) < 4.78 is 10.5. The number of carbonyl (C=O) groups is 3. The monoisotopic (exact) mass is 408 g/mol. The van der Waals surface area contributed by atoms with Crippen LogP contribution in [-0.2, 0) is 20.7 Å². The van der Waals surface area contributed by atoms with Gasteiger partial charge in [0.15, 0.2) is 6.61 Å². The molecular formula is C23H24N2O5. The van der Waals surface area contributed by atoms with E-state index in [9.17, 15) is 14.4 Å². The summed E-state index contributed by atoms with van der Waals surface area (Å²) in [5.74, 6) is -1.30. The van der Waals surface area contributed by atoms with Crippen LogP contribution in [0.4, 0.5) is 10.5 Å². The Morgan fingerprint density at radius 1 is 1.00 bits per heavy atom. The third-order valence-corrected chi connectivity index (χ3v) is 5.07. The zero-order chi connectivity index (χ0) is 21.8. The van der Waals surface area contributed by atoms with Crippen LogP contribution in [0.5, 0.6) is 0 Å². The largest absolute Gasteiger partial charge is 0.464 e. The summed E-state index contributed by atoms with van der Waals surface area (Å²) in [4.78, 5) is 36.1. The number of ether oxygens (including phenoxy) is 1. The number of urea groups is 1. The summed E-state index contributed by atoms with van der Waals surface area (Å²) in [6, 6.07) is 8.67. The van der Waals surface area contributed by atoms with Gasteiger partial charge in [0, 0.05) is 16.6 Å². The van der Waals surface area contributed by atoms with Crippen molar-refractivity contribution in [3.8, 4) is 0 Å². The number of hydrogen-bond donors (Lipinski definition) is 2. The quantitative estimate of drug-likeness (QED) is 0.620. The number of aryl methyl sites for hydroxylation is 3. The van der Waals surface area contributed by atoms with Crippen molar-refractivity contribution in [3.05, 3.63) is 64.4 Å². The van der Waals surface area contributed by atoms with Crippen molar-refractivity contribution in [3.63, 3.8) is 0 Å². The first kappa shape index (κ1) is 21.1. The van der Waals surface area contributed by atoms with Crippen LogP contribution in [-0.4, -0.2) is 24.5 Å². The van der Waals surface area contributed by atoms with Crippen molar-refractivity contribution in [2.24, 2.45) is 0 Å². The van der Waals surface area contributed by atoms with Crippen molar-refractivity contribution in [1.29, 1.82) is 0 Å². The van der Waals surface area contributed by atoms with Gasteiger partial charge in [-0.2, -0.15) is 0 Å². The van der Waals surface area contributed by atoms with Crippen LogP contribution in [0.25, 0.3) is 11.0 Å². The third kappa shape index (κ3) is 4.86. The summed E-state index contributed by atoms with van der Waals surface area (Å²) in [6.07, 6.45) is 1.49. The van der Waals surface area contributed by atoms with Crippen LogP contribution in [0.15, 0.2) is 41.0 Å². The average Bonchev–Trinajstić information content (AvgIpc) is 3.05. The van der Waals surface area contributed by atoms with E-state index in [1.807, 2.05) is 52.0 Å². The van der Waals surface area contributed by atoms with Gasteiger partial charge in [-0.1, -0.05) is 12.1 Å². The molecule has 3 amide bonds. The molecular weight excluding hydrogens is 384 g/mol. The molecule has 1 aromatic heterocycles. The molecule has 0 aliphatic heterocycles. The predicted octanol–water partition coefficient (Wildman–Crippen LogP) is 4.10. The Balaban J connectivity index is 1.51. The van der Waals surface area contributed by atoms with Crippen molar-refractivity contribution in [2.75, 3.05) is 11.9 Å². The second-order valence-electron chi connectivity index (χ2n) is 7.28. The molecule has 2 aromatic carbocycles. The molecule has 3 aromatic rings. The molecule has 0 atom stereocenters. The van der Waals surface area contributed by atoms with Crippen LogP contribution < -0.4 is 10.6 Å². The molecule has 7 nitrogen and oxygen atoms in total. The van der Waals surface area contributed by atoms with E-state index in [1.54, 1.807) is 6.07 Å². The van der Waals surface area contributed by atoms with Gasteiger partial charge >= 0.3 is 12.0 Å². The lowest BCUT2D eigenvalue weighted by Gasteiger charge is -2.11. The normalized spacial score (nSPS) is 10.7. The van der Waals surface area contributed by atoms with Crippen molar-refractivity contribution in [2.45, 2.75) is 34.1 Å². The first-order valence-electron chi connectivity index (χ1n) is 9.54. The molecule has 0 radical (unpaired) electrons. The van der Waals surface area contributed by atoms with Gasteiger partial charge in [0.1, 0.15) is 5.58 Å². The molecule has 0 saturated heterocycles. The number of esters is 1. The predicted molar refractivity (Wildman–Crippen MR) is 113 cm³/mol. The van der Waals surface area contributed by atoms with Crippen molar-refractivity contribution < 1.29 is 23.5 Å². The van der Waals surface area contributed by atoms with Gasteiger partial charge < -0.3 is 14.5 Å². The molecule has 2 N–H and O–H groups in total. The lowest BCUT2D eigenvalue weighted by atomic mass is 10.0. The van der Waals surface area contributed by atoms with E-state index in [0.29, 0.717) is 16.8 Å². The van der Waals surface area contributed by atoms with E-state index in [1.165, 1.54) is 6.26 Å². The van der Waals surface area contributed by atoms with Gasteiger partial charge in [-0.25, -0.2) is 4.79 Å². The highest BCUT2D eigenvalue weighted by atomic mass is 16.5. The number of nitrogens with one attached hydrogen (secondary N) is 2. The van der Waals surface area contributed by atoms with Crippen LogP contribution in [0, 0.1) is 27.7 Å². The number of rotatable bonds is 5. The van der Waals surface area contributed by atoms with E-state index in [-0.39, 0.29) is 6.42 Å². The fraction of sp³-hybridized carbons (Fsp3) is 0.261. The molecule has 156 valence electrons. The highest BCUT2D eigenvalue weighted by Gasteiger charge is 2.15. The number of imide groups is 1. The number of hydrogen-bond acceptors (Lipinski definition) is 5. The number of amides is 3. The van der Waals surface area contributed by atoms with Gasteiger partial charge in [-0.05, 0) is 68.1 Å². The molecule has 0 saturated carbocycles. The maximum atomic E-state index is 12.1. The second-order valence-corrected chi connectivity index (χ2v) is 7.28. The standard InChI is InChI=1S/C23H24N2O5/c1-13-6-5-7-19(16(13)4)24-23(28)25-21(26)12-30-22(27)10-17-11-29-20-9-15(3)14(2)8-18(17)20/h5-9,11H,10,12H2,1-4H3,(H2,24,25,26,28). The van der Waals surface area contributed by atoms with Gasteiger partial charge in [-0.15, -0.1) is 0 Å². The Morgan fingerprint density at radius 2 is 1.73 bits per heavy atom. The first-order valence-corrected chi connectivity index (χ1v) is 9.54. The Hall–Kier alpha value is -3.61. The second kappa shape index (κ2) is 8.82. The topological polar surface area (TPSA) is 97.6 Å². The molecule has 0 spiro atoms. The van der Waals surface area contributed by atoms with E-state index >= 15 is 0 Å². The fourth-order valence-corrected chi connectivity index (χ4v) is 3.03. The van der Waals surface area contributed by atoms with E-state index in [4.69, 9.17) is 9.15 Å². The first-order chi connectivity index (χ1) is 14.2. The number of furan rings is 1. The van der Waals surface area contributed by atoms with E-state index in [2.05, 4.69) is 10.6 Å². The summed E-state index contributed by atoms with van der Waals surface area (Å²) >= 11 is 0. The Bertz CT molecular complexity index is 1130. The lowest BCUT2D eigenvalue weighted by Crippen LogP contribution is -2.37. The molecule has 7 heteroatoms. The maximum absolute atomic E-state index is 12.1. The lowest BCUT2D eigenvalue weighted by molar-refractivity contribution is -0.147. The minimum atomic E-state index is -0.713. The van der Waals surface area contributed by atoms with Crippen molar-refractivity contribution in [1.82, 2.24) is 5.32 Å². The maximum Gasteiger partial charge on any atom is 0.325 e. The highest BCUT2D eigenvalue weighted by molar-refractivity contribution is 6.02. The Kier molecular flexibility index (Phi) is 6.20. The van der Waals surface area contributed by atoms with Crippen LogP contribution in [0.3, 0.4) is 0 Å². The van der Waals surface area contributed by atoms with Gasteiger partial charge in [0.25, 0.3) is 5.91 Å². The number of fused-ring (bicyclic) bond motifs is 1. The highest BCUT2D eigenvalue weighted by Crippen LogP contribution is 2.25. The Morgan fingerprint density at radius 3 is 2.50 bits per heavy atom. The van der Waals surface area contributed by atoms with Gasteiger partial charge in [0.05, 0.1) is 12.7 Å². The van der Waals surface area contributed by atoms with Gasteiger partial charge in [0.2, 0.25) is 0 Å². The van der Waals surface area contributed by atoms with E-state index in [0.717, 1.165) is 27.6 Å². The number of benzene rings is 2. The van der Waals surface area contributed by atoms with Crippen molar-refractivity contribution >= 4 is 34.6 Å². The third-order valence-electron chi connectivity index (χ3n) is 5.07. The summed E-state index contributed by atoms with van der Waals surface area (Å²) in [5, 5.41) is 5.60. The van der Waals surface area contributed by atoms with E-state index < -0.39 is 24.5 Å². The Labute approximate surface area is 174 Å². The zero-order valence-electron chi connectivity index (χ0n) is 17.4. The minimum Gasteiger partial charge on any atom is -0.464 e. The van der Waals surface area contributed by atoms with Gasteiger partial charge in [-0.3, -0.25) is 14.9 Å². The molecule has 0 aliphatic rings.